The number of carboxylic acid groups (broad SMARTS) is 1. The molecule has 1 amide bonds. The molecule has 0 radical (unpaired) electrons. The number of aliphatic carboxylic acids is 1. The van der Waals surface area contributed by atoms with Crippen LogP contribution in [0, 0.1) is 11.8 Å². The molecule has 5 heteroatoms. The first-order valence-corrected chi connectivity index (χ1v) is 5.57. The molecule has 1 saturated carbocycles. The number of rotatable bonds is 7. The molecule has 2 atom stereocenters. The molecule has 0 aromatic carbocycles. The van der Waals surface area contributed by atoms with Gasteiger partial charge in [-0.15, -0.1) is 0 Å². The van der Waals surface area contributed by atoms with Crippen molar-refractivity contribution in [3.05, 3.63) is 0 Å². The Balaban J connectivity index is 2.25. The van der Waals surface area contributed by atoms with Gasteiger partial charge in [0.25, 0.3) is 0 Å². The number of hydrogen-bond acceptors (Lipinski definition) is 3. The molecule has 5 nitrogen and oxygen atoms in total. The monoisotopic (exact) mass is 229 g/mol. The van der Waals surface area contributed by atoms with Crippen LogP contribution in [0.1, 0.15) is 26.2 Å². The lowest BCUT2D eigenvalue weighted by Crippen LogP contribution is -2.37. The van der Waals surface area contributed by atoms with E-state index in [4.69, 9.17) is 9.84 Å². The number of nitrogens with one attached hydrogen (secondary N) is 1. The highest BCUT2D eigenvalue weighted by Crippen LogP contribution is 2.36. The van der Waals surface area contributed by atoms with Crippen LogP contribution in [-0.4, -0.2) is 36.7 Å². The topological polar surface area (TPSA) is 75.6 Å². The lowest BCUT2D eigenvalue weighted by atomic mass is 10.1. The van der Waals surface area contributed by atoms with E-state index in [1.165, 1.54) is 7.11 Å². The predicted octanol–water partition coefficient (Wildman–Crippen LogP) is 0.638. The number of ether oxygens (including phenoxy) is 1. The molecular formula is C11H19NO4. The summed E-state index contributed by atoms with van der Waals surface area (Å²) in [5, 5.41) is 11.3. The van der Waals surface area contributed by atoms with Crippen LogP contribution in [0.5, 0.6) is 0 Å². The zero-order valence-corrected chi connectivity index (χ0v) is 9.73. The number of hydrogen-bond donors (Lipinski definition) is 2. The van der Waals surface area contributed by atoms with Gasteiger partial charge < -0.3 is 15.2 Å². The van der Waals surface area contributed by atoms with Crippen LogP contribution in [0.3, 0.4) is 0 Å². The minimum Gasteiger partial charge on any atom is -0.481 e. The molecule has 2 N–H and O–H groups in total. The van der Waals surface area contributed by atoms with Crippen LogP contribution in [0.4, 0.5) is 0 Å². The van der Waals surface area contributed by atoms with Crippen LogP contribution in [-0.2, 0) is 14.3 Å². The molecule has 0 aromatic heterocycles. The van der Waals surface area contributed by atoms with Crippen LogP contribution >= 0.6 is 0 Å². The van der Waals surface area contributed by atoms with Gasteiger partial charge in [0.05, 0.1) is 12.5 Å². The highest BCUT2D eigenvalue weighted by atomic mass is 16.5. The van der Waals surface area contributed by atoms with Crippen LogP contribution in [0.25, 0.3) is 0 Å². The second-order valence-electron chi connectivity index (χ2n) is 4.33. The summed E-state index contributed by atoms with van der Waals surface area (Å²) in [5.41, 5.74) is 0. The number of amides is 1. The van der Waals surface area contributed by atoms with Gasteiger partial charge in [0, 0.05) is 19.6 Å². The van der Waals surface area contributed by atoms with Gasteiger partial charge in [0.15, 0.2) is 0 Å². The summed E-state index contributed by atoms with van der Waals surface area (Å²) in [5.74, 6) is -0.380. The number of carbonyl (C=O) groups is 2. The number of carboxylic acids is 1. The molecular weight excluding hydrogens is 210 g/mol. The summed E-state index contributed by atoms with van der Waals surface area (Å²) in [7, 11) is 1.45. The Morgan fingerprint density at radius 3 is 2.56 bits per heavy atom. The molecule has 92 valence electrons. The molecule has 0 aliphatic heterocycles. The number of methoxy groups -OCH3 is 1. The van der Waals surface area contributed by atoms with E-state index in [9.17, 15) is 9.59 Å². The van der Waals surface area contributed by atoms with E-state index in [1.807, 2.05) is 6.92 Å². The van der Waals surface area contributed by atoms with E-state index >= 15 is 0 Å². The first-order valence-electron chi connectivity index (χ1n) is 5.57. The van der Waals surface area contributed by atoms with E-state index < -0.39 is 12.1 Å². The van der Waals surface area contributed by atoms with E-state index in [0.717, 1.165) is 12.8 Å². The van der Waals surface area contributed by atoms with Gasteiger partial charge in [-0.25, -0.2) is 0 Å². The normalized spacial score (nSPS) is 18.9. The average Bonchev–Trinajstić information content (AvgIpc) is 3.05. The molecule has 0 bridgehead atoms. The third kappa shape index (κ3) is 4.18. The van der Waals surface area contributed by atoms with E-state index in [2.05, 4.69) is 5.32 Å². The van der Waals surface area contributed by atoms with Gasteiger partial charge in [-0.2, -0.15) is 0 Å². The Morgan fingerprint density at radius 2 is 2.12 bits per heavy atom. The van der Waals surface area contributed by atoms with Crippen molar-refractivity contribution in [2.75, 3.05) is 13.7 Å². The Labute approximate surface area is 95.2 Å². The summed E-state index contributed by atoms with van der Waals surface area (Å²) in [6, 6.07) is 0. The van der Waals surface area contributed by atoms with Crippen molar-refractivity contribution in [1.82, 2.24) is 5.32 Å². The van der Waals surface area contributed by atoms with Crippen molar-refractivity contribution < 1.29 is 19.4 Å². The maximum Gasteiger partial charge on any atom is 0.306 e. The van der Waals surface area contributed by atoms with Crippen LogP contribution in [0.2, 0.25) is 0 Å². The molecule has 1 rings (SSSR count). The molecule has 0 saturated heterocycles. The van der Waals surface area contributed by atoms with Gasteiger partial charge in [-0.05, 0) is 18.8 Å². The van der Waals surface area contributed by atoms with Crippen molar-refractivity contribution in [1.29, 1.82) is 0 Å². The lowest BCUT2D eigenvalue weighted by Gasteiger charge is -2.16. The van der Waals surface area contributed by atoms with Gasteiger partial charge in [0.2, 0.25) is 5.91 Å². The first kappa shape index (κ1) is 13.0. The van der Waals surface area contributed by atoms with Crippen molar-refractivity contribution in [3.63, 3.8) is 0 Å². The van der Waals surface area contributed by atoms with Gasteiger partial charge in [-0.3, -0.25) is 9.59 Å². The zero-order valence-electron chi connectivity index (χ0n) is 9.73. The summed E-state index contributed by atoms with van der Waals surface area (Å²) < 4.78 is 4.97. The SMILES string of the molecule is COC(CNC(=O)C(C)C1CC1)CC(=O)O. The van der Waals surface area contributed by atoms with Crippen LogP contribution in [0.15, 0.2) is 0 Å². The molecule has 16 heavy (non-hydrogen) atoms. The molecule has 1 fully saturated rings. The average molecular weight is 229 g/mol. The highest BCUT2D eigenvalue weighted by Gasteiger charge is 2.32. The summed E-state index contributed by atoms with van der Waals surface area (Å²) in [6.45, 7) is 2.17. The van der Waals surface area contributed by atoms with Gasteiger partial charge in [-0.1, -0.05) is 6.92 Å². The lowest BCUT2D eigenvalue weighted by molar-refractivity contribution is -0.140. The second-order valence-corrected chi connectivity index (χ2v) is 4.33. The molecule has 1 aliphatic rings. The predicted molar refractivity (Wildman–Crippen MR) is 57.9 cm³/mol. The van der Waals surface area contributed by atoms with E-state index in [1.54, 1.807) is 0 Å². The van der Waals surface area contributed by atoms with Gasteiger partial charge in [0.1, 0.15) is 0 Å². The third-order valence-electron chi connectivity index (χ3n) is 2.98. The van der Waals surface area contributed by atoms with Crippen molar-refractivity contribution >= 4 is 11.9 Å². The first-order chi connectivity index (χ1) is 7.54. The fraction of sp³-hybridized carbons (Fsp3) is 0.818. The molecule has 0 spiro atoms. The number of carbonyl (C=O) groups excluding carboxylic acids is 1. The third-order valence-corrected chi connectivity index (χ3v) is 2.98. The molecule has 1 aliphatic carbocycles. The Morgan fingerprint density at radius 1 is 1.50 bits per heavy atom. The van der Waals surface area contributed by atoms with E-state index in [0.29, 0.717) is 5.92 Å². The Kier molecular flexibility index (Phi) is 4.73. The quantitative estimate of drug-likeness (QED) is 0.671. The van der Waals surface area contributed by atoms with Gasteiger partial charge >= 0.3 is 5.97 Å². The van der Waals surface area contributed by atoms with Crippen molar-refractivity contribution in [2.45, 2.75) is 32.3 Å². The Bertz CT molecular complexity index is 263. The zero-order chi connectivity index (χ0) is 12.1. The van der Waals surface area contributed by atoms with Crippen LogP contribution < -0.4 is 5.32 Å². The second kappa shape index (κ2) is 5.84. The maximum absolute atomic E-state index is 11.6. The molecule has 2 unspecified atom stereocenters. The summed E-state index contributed by atoms with van der Waals surface area (Å²) in [4.78, 5) is 22.1. The molecule has 0 aromatic rings. The minimum atomic E-state index is -0.920. The Hall–Kier alpha value is -1.10. The molecule has 0 heterocycles. The van der Waals surface area contributed by atoms with Crippen molar-refractivity contribution in [3.8, 4) is 0 Å². The van der Waals surface area contributed by atoms with Crippen molar-refractivity contribution in [2.24, 2.45) is 11.8 Å². The fourth-order valence-electron chi connectivity index (χ4n) is 1.62. The maximum atomic E-state index is 11.6. The summed E-state index contributed by atoms with van der Waals surface area (Å²) in [6.07, 6.45) is 1.71. The smallest absolute Gasteiger partial charge is 0.306 e. The standard InChI is InChI=1S/C11H19NO4/c1-7(8-3-4-8)11(15)12-6-9(16-2)5-10(13)14/h7-9H,3-6H2,1-2H3,(H,12,15)(H,13,14). The van der Waals surface area contributed by atoms with E-state index in [-0.39, 0.29) is 24.8 Å². The minimum absolute atomic E-state index is 0.00469. The fourth-order valence-corrected chi connectivity index (χ4v) is 1.62. The highest BCUT2D eigenvalue weighted by molar-refractivity contribution is 5.79. The largest absolute Gasteiger partial charge is 0.481 e. The summed E-state index contributed by atoms with van der Waals surface area (Å²) >= 11 is 0.